The van der Waals surface area contributed by atoms with E-state index in [2.05, 4.69) is 10.8 Å². The molecule has 0 radical (unpaired) electrons. The molecule has 1 N–H and O–H groups in total. The van der Waals surface area contributed by atoms with E-state index in [0.29, 0.717) is 13.0 Å². The first-order valence-corrected chi connectivity index (χ1v) is 5.79. The van der Waals surface area contributed by atoms with Crippen molar-refractivity contribution < 1.29 is 14.7 Å². The zero-order valence-corrected chi connectivity index (χ0v) is 9.89. The molecule has 0 aromatic carbocycles. The van der Waals surface area contributed by atoms with E-state index in [0.717, 1.165) is 13.1 Å². The number of carboxylic acids is 1. The van der Waals surface area contributed by atoms with Gasteiger partial charge in [0.25, 0.3) is 0 Å². The summed E-state index contributed by atoms with van der Waals surface area (Å²) in [5.41, 5.74) is 0. The molecule has 1 heterocycles. The third-order valence-corrected chi connectivity index (χ3v) is 2.80. The highest BCUT2D eigenvalue weighted by Gasteiger charge is 2.18. The molecular formula is C12H18N2O3. The molecule has 5 heteroatoms. The molecule has 0 saturated carbocycles. The molecule has 0 spiro atoms. The van der Waals surface area contributed by atoms with E-state index in [9.17, 15) is 9.59 Å². The lowest BCUT2D eigenvalue weighted by atomic mass is 10.3. The van der Waals surface area contributed by atoms with Crippen LogP contribution in [0.15, 0.2) is 0 Å². The van der Waals surface area contributed by atoms with Crippen LogP contribution >= 0.6 is 0 Å². The Morgan fingerprint density at radius 2 is 2.00 bits per heavy atom. The van der Waals surface area contributed by atoms with Gasteiger partial charge in [0.05, 0.1) is 6.54 Å². The summed E-state index contributed by atoms with van der Waals surface area (Å²) in [5.74, 6) is 1.09. The Balaban J connectivity index is 2.35. The zero-order valence-electron chi connectivity index (χ0n) is 9.89. The molecule has 94 valence electrons. The van der Waals surface area contributed by atoms with Gasteiger partial charge in [-0.15, -0.1) is 6.42 Å². The van der Waals surface area contributed by atoms with E-state index in [1.807, 2.05) is 0 Å². The van der Waals surface area contributed by atoms with Gasteiger partial charge in [-0.1, -0.05) is 5.92 Å². The molecule has 0 aliphatic carbocycles. The second kappa shape index (κ2) is 6.92. The topological polar surface area (TPSA) is 60.9 Å². The molecule has 1 fully saturated rings. The molecule has 0 unspecified atom stereocenters. The summed E-state index contributed by atoms with van der Waals surface area (Å²) in [6.07, 6.45) is 7.81. The summed E-state index contributed by atoms with van der Waals surface area (Å²) in [5, 5.41) is 8.67. The van der Waals surface area contributed by atoms with Gasteiger partial charge >= 0.3 is 5.97 Å². The van der Waals surface area contributed by atoms with Crippen LogP contribution in [-0.2, 0) is 9.59 Å². The first-order chi connectivity index (χ1) is 8.13. The number of likely N-dealkylation sites (tertiary alicyclic amines) is 1. The maximum atomic E-state index is 11.8. The number of hydrogen-bond donors (Lipinski definition) is 1. The van der Waals surface area contributed by atoms with E-state index in [-0.39, 0.29) is 19.0 Å². The summed E-state index contributed by atoms with van der Waals surface area (Å²) >= 11 is 0. The van der Waals surface area contributed by atoms with Crippen LogP contribution in [0, 0.1) is 12.3 Å². The monoisotopic (exact) mass is 238 g/mol. The van der Waals surface area contributed by atoms with Gasteiger partial charge in [0.2, 0.25) is 5.91 Å². The van der Waals surface area contributed by atoms with Crippen LogP contribution in [0.4, 0.5) is 0 Å². The number of hydrogen-bond acceptors (Lipinski definition) is 3. The Labute approximate surface area is 101 Å². The normalized spacial score (nSPS) is 15.5. The van der Waals surface area contributed by atoms with Crippen molar-refractivity contribution in [2.75, 3.05) is 32.7 Å². The molecular weight excluding hydrogens is 220 g/mol. The summed E-state index contributed by atoms with van der Waals surface area (Å²) in [4.78, 5) is 25.8. The van der Waals surface area contributed by atoms with Gasteiger partial charge in [0, 0.05) is 13.0 Å². The smallest absolute Gasteiger partial charge is 0.323 e. The Hall–Kier alpha value is -1.54. The maximum Gasteiger partial charge on any atom is 0.323 e. The Morgan fingerprint density at radius 3 is 2.53 bits per heavy atom. The highest BCUT2D eigenvalue weighted by Crippen LogP contribution is 2.08. The molecule has 1 aliphatic heterocycles. The largest absolute Gasteiger partial charge is 0.480 e. The van der Waals surface area contributed by atoms with Crippen LogP contribution in [0.25, 0.3) is 0 Å². The number of terminal acetylenes is 1. The number of aliphatic carboxylic acids is 1. The number of amides is 1. The molecule has 0 atom stereocenters. The summed E-state index contributed by atoms with van der Waals surface area (Å²) < 4.78 is 0. The quantitative estimate of drug-likeness (QED) is 0.663. The first kappa shape index (κ1) is 13.5. The lowest BCUT2D eigenvalue weighted by molar-refractivity contribution is -0.144. The van der Waals surface area contributed by atoms with Crippen molar-refractivity contribution in [1.29, 1.82) is 0 Å². The second-order valence-electron chi connectivity index (χ2n) is 4.15. The minimum atomic E-state index is -1.03. The van der Waals surface area contributed by atoms with Gasteiger partial charge < -0.3 is 14.9 Å². The van der Waals surface area contributed by atoms with Crippen molar-refractivity contribution in [3.63, 3.8) is 0 Å². The van der Waals surface area contributed by atoms with Crippen LogP contribution in [0.2, 0.25) is 0 Å². The molecule has 0 aromatic heterocycles. The van der Waals surface area contributed by atoms with Crippen molar-refractivity contribution in [1.82, 2.24) is 9.80 Å². The van der Waals surface area contributed by atoms with Crippen LogP contribution in [0.3, 0.4) is 0 Å². The van der Waals surface area contributed by atoms with Crippen LogP contribution in [-0.4, -0.2) is 59.5 Å². The summed E-state index contributed by atoms with van der Waals surface area (Å²) in [7, 11) is 0. The van der Waals surface area contributed by atoms with Crippen LogP contribution < -0.4 is 0 Å². The molecule has 17 heavy (non-hydrogen) atoms. The van der Waals surface area contributed by atoms with Crippen molar-refractivity contribution in [2.24, 2.45) is 0 Å². The maximum absolute atomic E-state index is 11.8. The van der Waals surface area contributed by atoms with E-state index in [1.165, 1.54) is 17.7 Å². The van der Waals surface area contributed by atoms with E-state index >= 15 is 0 Å². The fraction of sp³-hybridized carbons (Fsp3) is 0.667. The highest BCUT2D eigenvalue weighted by atomic mass is 16.4. The fourth-order valence-electron chi connectivity index (χ4n) is 1.92. The van der Waals surface area contributed by atoms with Crippen molar-refractivity contribution >= 4 is 11.9 Å². The lowest BCUT2D eigenvalue weighted by Gasteiger charge is -2.20. The summed E-state index contributed by atoms with van der Waals surface area (Å²) in [6, 6.07) is 0. The van der Waals surface area contributed by atoms with E-state index in [4.69, 9.17) is 11.5 Å². The minimum Gasteiger partial charge on any atom is -0.480 e. The van der Waals surface area contributed by atoms with Gasteiger partial charge in [0.1, 0.15) is 6.54 Å². The number of nitrogens with zero attached hydrogens (tertiary/aromatic N) is 2. The fourth-order valence-corrected chi connectivity index (χ4v) is 1.92. The van der Waals surface area contributed by atoms with Crippen LogP contribution in [0.5, 0.6) is 0 Å². The average Bonchev–Trinajstić information content (AvgIpc) is 2.77. The first-order valence-electron chi connectivity index (χ1n) is 5.79. The number of carboxylic acid groups (broad SMARTS) is 1. The minimum absolute atomic E-state index is 0.0606. The van der Waals surface area contributed by atoms with Gasteiger partial charge in [0.15, 0.2) is 0 Å². The molecule has 1 aliphatic rings. The predicted octanol–water partition coefficient (Wildman–Crippen LogP) is 0.0187. The van der Waals surface area contributed by atoms with Crippen molar-refractivity contribution in [3.05, 3.63) is 0 Å². The highest BCUT2D eigenvalue weighted by molar-refractivity contribution is 5.81. The molecule has 1 saturated heterocycles. The molecule has 1 amide bonds. The van der Waals surface area contributed by atoms with Crippen molar-refractivity contribution in [3.8, 4) is 12.3 Å². The predicted molar refractivity (Wildman–Crippen MR) is 63.3 cm³/mol. The average molecular weight is 238 g/mol. The Morgan fingerprint density at radius 1 is 1.35 bits per heavy atom. The Bertz CT molecular complexity index is 316. The third kappa shape index (κ3) is 4.87. The van der Waals surface area contributed by atoms with E-state index < -0.39 is 5.97 Å². The Kier molecular flexibility index (Phi) is 5.50. The lowest BCUT2D eigenvalue weighted by Crippen LogP contribution is -2.37. The van der Waals surface area contributed by atoms with E-state index in [1.54, 1.807) is 0 Å². The molecule has 0 aromatic rings. The second-order valence-corrected chi connectivity index (χ2v) is 4.15. The summed E-state index contributed by atoms with van der Waals surface area (Å²) in [6.45, 7) is 2.50. The molecule has 0 bridgehead atoms. The standard InChI is InChI=1S/C12H18N2O3/c1-2-6-14(10-12(16)17)11(15)5-9-13-7-3-4-8-13/h1H,3-10H2,(H,16,17). The SMILES string of the molecule is C#CCN(CC(=O)O)C(=O)CCN1CCCC1. The molecule has 5 nitrogen and oxygen atoms in total. The number of carbonyl (C=O) groups is 2. The molecule has 1 rings (SSSR count). The van der Waals surface area contributed by atoms with Gasteiger partial charge in [-0.2, -0.15) is 0 Å². The van der Waals surface area contributed by atoms with Gasteiger partial charge in [-0.05, 0) is 25.9 Å². The third-order valence-electron chi connectivity index (χ3n) is 2.80. The zero-order chi connectivity index (χ0) is 12.7. The van der Waals surface area contributed by atoms with Gasteiger partial charge in [-0.25, -0.2) is 0 Å². The van der Waals surface area contributed by atoms with Gasteiger partial charge in [-0.3, -0.25) is 9.59 Å². The number of carbonyl (C=O) groups excluding carboxylic acids is 1. The number of rotatable bonds is 6. The van der Waals surface area contributed by atoms with Crippen LogP contribution in [0.1, 0.15) is 19.3 Å². The van der Waals surface area contributed by atoms with Crippen molar-refractivity contribution in [2.45, 2.75) is 19.3 Å².